The fourth-order valence-corrected chi connectivity index (χ4v) is 2.47. The summed E-state index contributed by atoms with van der Waals surface area (Å²) in [6, 6.07) is 5.19. The van der Waals surface area contributed by atoms with E-state index in [1.165, 1.54) is 0 Å². The molecule has 1 rings (SSSR count). The van der Waals surface area contributed by atoms with E-state index in [4.69, 9.17) is 17.3 Å². The van der Waals surface area contributed by atoms with Gasteiger partial charge in [-0.25, -0.2) is 8.42 Å². The Morgan fingerprint density at radius 2 is 2.12 bits per heavy atom. The van der Waals surface area contributed by atoms with Crippen molar-refractivity contribution in [2.75, 3.05) is 11.3 Å². The molecular weight excluding hydrogens is 248 g/mol. The van der Waals surface area contributed by atoms with Crippen LogP contribution in [-0.2, 0) is 10.0 Å². The van der Waals surface area contributed by atoms with Crippen LogP contribution in [0.15, 0.2) is 18.2 Å². The van der Waals surface area contributed by atoms with Crippen molar-refractivity contribution in [3.8, 4) is 0 Å². The number of anilines is 1. The normalized spacial score (nSPS) is 13.5. The van der Waals surface area contributed by atoms with Gasteiger partial charge in [-0.1, -0.05) is 23.7 Å². The third-order valence-electron chi connectivity index (χ3n) is 2.33. The number of benzene rings is 1. The molecule has 0 bridgehead atoms. The highest BCUT2D eigenvalue weighted by molar-refractivity contribution is 7.93. The molecule has 0 saturated heterocycles. The zero-order valence-corrected chi connectivity index (χ0v) is 10.8. The van der Waals surface area contributed by atoms with Crippen LogP contribution in [-0.4, -0.2) is 20.2 Å². The molecule has 0 aliphatic heterocycles. The van der Waals surface area contributed by atoms with Gasteiger partial charge in [-0.2, -0.15) is 0 Å². The highest BCUT2D eigenvalue weighted by Gasteiger charge is 2.20. The molecule has 0 aliphatic carbocycles. The van der Waals surface area contributed by atoms with Gasteiger partial charge in [0, 0.05) is 6.54 Å². The van der Waals surface area contributed by atoms with Crippen molar-refractivity contribution >= 4 is 27.3 Å². The predicted molar refractivity (Wildman–Crippen MR) is 67.2 cm³/mol. The molecule has 1 aromatic rings. The van der Waals surface area contributed by atoms with E-state index < -0.39 is 15.3 Å². The lowest BCUT2D eigenvalue weighted by Gasteiger charge is -2.15. The van der Waals surface area contributed by atoms with E-state index in [9.17, 15) is 8.42 Å². The topological polar surface area (TPSA) is 72.2 Å². The van der Waals surface area contributed by atoms with Crippen LogP contribution in [0.25, 0.3) is 0 Å². The second kappa shape index (κ2) is 5.03. The summed E-state index contributed by atoms with van der Waals surface area (Å²) >= 11 is 5.93. The van der Waals surface area contributed by atoms with Gasteiger partial charge in [0.1, 0.15) is 0 Å². The lowest BCUT2D eigenvalue weighted by Crippen LogP contribution is -2.31. The maximum atomic E-state index is 11.8. The number of nitrogens with two attached hydrogens (primary N) is 1. The summed E-state index contributed by atoms with van der Waals surface area (Å²) in [7, 11) is -3.47. The van der Waals surface area contributed by atoms with Crippen molar-refractivity contribution in [3.05, 3.63) is 28.8 Å². The molecule has 16 heavy (non-hydrogen) atoms. The molecule has 0 heterocycles. The number of nitrogens with one attached hydrogen (secondary N) is 1. The maximum absolute atomic E-state index is 11.8. The van der Waals surface area contributed by atoms with Crippen molar-refractivity contribution < 1.29 is 8.42 Å². The smallest absolute Gasteiger partial charge is 0.236 e. The molecule has 0 fully saturated rings. The summed E-state index contributed by atoms with van der Waals surface area (Å²) in [5, 5.41) is -0.268. The second-order valence-electron chi connectivity index (χ2n) is 3.63. The average molecular weight is 263 g/mol. The Bertz CT molecular complexity index is 453. The molecule has 0 saturated carbocycles. The monoisotopic (exact) mass is 262 g/mol. The van der Waals surface area contributed by atoms with E-state index in [1.54, 1.807) is 32.0 Å². The van der Waals surface area contributed by atoms with Crippen LogP contribution in [0.4, 0.5) is 5.69 Å². The van der Waals surface area contributed by atoms with Gasteiger partial charge in [0.15, 0.2) is 0 Å². The number of hydrogen-bond donors (Lipinski definition) is 2. The lowest BCUT2D eigenvalue weighted by atomic mass is 10.2. The fourth-order valence-electron chi connectivity index (χ4n) is 1.13. The first-order valence-electron chi connectivity index (χ1n) is 4.85. The highest BCUT2D eigenvalue weighted by Crippen LogP contribution is 2.26. The first-order valence-corrected chi connectivity index (χ1v) is 6.77. The molecule has 1 atom stereocenters. The zero-order chi connectivity index (χ0) is 12.3. The summed E-state index contributed by atoms with van der Waals surface area (Å²) in [6.45, 7) is 3.41. The number of sulfonamides is 1. The van der Waals surface area contributed by atoms with Crippen molar-refractivity contribution in [1.82, 2.24) is 0 Å². The minimum Gasteiger partial charge on any atom is -0.329 e. The summed E-state index contributed by atoms with van der Waals surface area (Å²) < 4.78 is 26.0. The Morgan fingerprint density at radius 3 is 2.62 bits per heavy atom. The van der Waals surface area contributed by atoms with E-state index in [1.807, 2.05) is 0 Å². The number of hydrogen-bond acceptors (Lipinski definition) is 3. The Morgan fingerprint density at radius 1 is 1.50 bits per heavy atom. The summed E-state index contributed by atoms with van der Waals surface area (Å²) in [6.07, 6.45) is 0. The SMILES string of the molecule is Cc1cccc(Cl)c1NS(=O)(=O)C(C)CN. The quantitative estimate of drug-likeness (QED) is 0.868. The first-order chi connectivity index (χ1) is 7.38. The van der Waals surface area contributed by atoms with Gasteiger partial charge in [0.2, 0.25) is 10.0 Å². The van der Waals surface area contributed by atoms with E-state index in [-0.39, 0.29) is 6.54 Å². The first kappa shape index (κ1) is 13.3. The number of rotatable bonds is 4. The van der Waals surface area contributed by atoms with Gasteiger partial charge in [-0.15, -0.1) is 0 Å². The summed E-state index contributed by atoms with van der Waals surface area (Å²) in [4.78, 5) is 0. The van der Waals surface area contributed by atoms with Gasteiger partial charge in [-0.05, 0) is 25.5 Å². The molecule has 6 heteroatoms. The van der Waals surface area contributed by atoms with Crippen LogP contribution >= 0.6 is 11.6 Å². The van der Waals surface area contributed by atoms with Crippen LogP contribution in [0, 0.1) is 6.92 Å². The summed E-state index contributed by atoms with van der Waals surface area (Å²) in [5.41, 5.74) is 6.53. The second-order valence-corrected chi connectivity index (χ2v) is 6.13. The molecule has 1 unspecified atom stereocenters. The molecule has 90 valence electrons. The average Bonchev–Trinajstić information content (AvgIpc) is 2.22. The third-order valence-corrected chi connectivity index (χ3v) is 4.38. The summed E-state index contributed by atoms with van der Waals surface area (Å²) in [5.74, 6) is 0. The number of aryl methyl sites for hydroxylation is 1. The van der Waals surface area contributed by atoms with Crippen molar-refractivity contribution in [2.24, 2.45) is 5.73 Å². The van der Waals surface area contributed by atoms with E-state index in [0.29, 0.717) is 10.7 Å². The predicted octanol–water partition coefficient (Wildman–Crippen LogP) is 1.74. The van der Waals surface area contributed by atoms with Gasteiger partial charge in [0.05, 0.1) is 16.0 Å². The molecule has 4 nitrogen and oxygen atoms in total. The van der Waals surface area contributed by atoms with Crippen molar-refractivity contribution in [3.63, 3.8) is 0 Å². The van der Waals surface area contributed by atoms with Crippen LogP contribution < -0.4 is 10.5 Å². The molecule has 0 aliphatic rings. The molecule has 1 aromatic carbocycles. The molecule has 0 radical (unpaired) electrons. The van der Waals surface area contributed by atoms with Gasteiger partial charge in [-0.3, -0.25) is 4.72 Å². The molecular formula is C10H15ClN2O2S. The molecule has 3 N–H and O–H groups in total. The third kappa shape index (κ3) is 2.87. The molecule has 0 spiro atoms. The Balaban J connectivity index is 3.06. The zero-order valence-electron chi connectivity index (χ0n) is 9.20. The standard InChI is InChI=1S/C10H15ClN2O2S/c1-7-4-3-5-9(11)10(7)13-16(14,15)8(2)6-12/h3-5,8,13H,6,12H2,1-2H3. The van der Waals surface area contributed by atoms with Crippen LogP contribution in [0.3, 0.4) is 0 Å². The van der Waals surface area contributed by atoms with Crippen molar-refractivity contribution in [2.45, 2.75) is 19.1 Å². The van der Waals surface area contributed by atoms with Crippen LogP contribution in [0.1, 0.15) is 12.5 Å². The van der Waals surface area contributed by atoms with E-state index in [2.05, 4.69) is 4.72 Å². The number of para-hydroxylation sites is 1. The highest BCUT2D eigenvalue weighted by atomic mass is 35.5. The van der Waals surface area contributed by atoms with Gasteiger partial charge >= 0.3 is 0 Å². The lowest BCUT2D eigenvalue weighted by molar-refractivity contribution is 0.589. The Labute approximate surface area is 101 Å². The minimum absolute atomic E-state index is 0.0683. The van der Waals surface area contributed by atoms with Crippen LogP contribution in [0.5, 0.6) is 0 Å². The molecule has 0 amide bonds. The maximum Gasteiger partial charge on any atom is 0.236 e. The Kier molecular flexibility index (Phi) is 4.18. The van der Waals surface area contributed by atoms with Gasteiger partial charge < -0.3 is 5.73 Å². The van der Waals surface area contributed by atoms with Gasteiger partial charge in [0.25, 0.3) is 0 Å². The molecule has 0 aromatic heterocycles. The fraction of sp³-hybridized carbons (Fsp3) is 0.400. The minimum atomic E-state index is -3.47. The van der Waals surface area contributed by atoms with E-state index in [0.717, 1.165) is 5.56 Å². The van der Waals surface area contributed by atoms with Crippen LogP contribution in [0.2, 0.25) is 5.02 Å². The Hall–Kier alpha value is -0.780. The number of halogens is 1. The largest absolute Gasteiger partial charge is 0.329 e. The van der Waals surface area contributed by atoms with E-state index >= 15 is 0 Å². The van der Waals surface area contributed by atoms with Crippen molar-refractivity contribution in [1.29, 1.82) is 0 Å².